The van der Waals surface area contributed by atoms with Crippen molar-refractivity contribution in [3.63, 3.8) is 0 Å². The summed E-state index contributed by atoms with van der Waals surface area (Å²) in [5.41, 5.74) is 5.95. The maximum absolute atomic E-state index is 12.2. The van der Waals surface area contributed by atoms with Gasteiger partial charge >= 0.3 is 0 Å². The first-order valence-electron chi connectivity index (χ1n) is 7.15. The second kappa shape index (κ2) is 8.81. The van der Waals surface area contributed by atoms with Gasteiger partial charge in [-0.25, -0.2) is 0 Å². The third kappa shape index (κ3) is 4.80. The van der Waals surface area contributed by atoms with E-state index in [1.807, 2.05) is 6.92 Å². The molecule has 0 aliphatic heterocycles. The molecule has 0 radical (unpaired) electrons. The molecule has 0 aliphatic rings. The van der Waals surface area contributed by atoms with Crippen molar-refractivity contribution in [3.8, 4) is 5.75 Å². The average Bonchev–Trinajstić information content (AvgIpc) is 3.03. The summed E-state index contributed by atoms with van der Waals surface area (Å²) in [4.78, 5) is 24.6. The highest BCUT2D eigenvalue weighted by atomic mass is 79.9. The first kappa shape index (κ1) is 18.4. The molecule has 0 unspecified atom stereocenters. The Morgan fingerprint density at radius 1 is 1.17 bits per heavy atom. The number of benzene rings is 1. The lowest BCUT2D eigenvalue weighted by atomic mass is 10.1. The lowest BCUT2D eigenvalue weighted by Crippen LogP contribution is -2.41. The van der Waals surface area contributed by atoms with Crippen LogP contribution in [0.5, 0.6) is 5.75 Å². The van der Waals surface area contributed by atoms with Crippen LogP contribution < -0.4 is 15.6 Å². The Morgan fingerprint density at radius 3 is 2.54 bits per heavy atom. The van der Waals surface area contributed by atoms with Crippen molar-refractivity contribution in [2.75, 3.05) is 13.7 Å². The normalized spacial score (nSPS) is 10.3. The highest BCUT2D eigenvalue weighted by Gasteiger charge is 2.13. The fraction of sp³-hybridized carbons (Fsp3) is 0.250. The molecule has 0 spiro atoms. The second-order valence-corrected chi connectivity index (χ2v) is 7.14. The van der Waals surface area contributed by atoms with E-state index in [0.29, 0.717) is 29.4 Å². The van der Waals surface area contributed by atoms with Gasteiger partial charge in [0.25, 0.3) is 11.8 Å². The molecule has 2 N–H and O–H groups in total. The molecule has 1 aromatic heterocycles. The number of carbonyl (C=O) groups excluding carboxylic acids is 2. The Kier molecular flexibility index (Phi) is 6.77. The fourth-order valence-corrected chi connectivity index (χ4v) is 3.21. The molecule has 2 amide bonds. The molecule has 1 aromatic carbocycles. The summed E-state index contributed by atoms with van der Waals surface area (Å²) < 4.78 is 11.5. The number of hydrazine groups is 1. The number of thiophene rings is 1. The summed E-state index contributed by atoms with van der Waals surface area (Å²) in [6.45, 7) is 2.80. The number of carbonyl (C=O) groups is 2. The minimum atomic E-state index is -0.417. The zero-order chi connectivity index (χ0) is 17.5. The summed E-state index contributed by atoms with van der Waals surface area (Å²) in [7, 11) is 1.56. The molecular weight excluding hydrogens is 396 g/mol. The molecular formula is C16H17BrN2O4S. The minimum absolute atomic E-state index is 0.344. The first-order chi connectivity index (χ1) is 11.5. The number of hydrogen-bond acceptors (Lipinski definition) is 5. The van der Waals surface area contributed by atoms with Crippen LogP contribution in [0.2, 0.25) is 0 Å². The molecule has 2 aromatic rings. The third-order valence-corrected chi connectivity index (χ3v) is 4.71. The van der Waals surface area contributed by atoms with E-state index in [4.69, 9.17) is 9.47 Å². The maximum atomic E-state index is 12.2. The van der Waals surface area contributed by atoms with E-state index in [9.17, 15) is 9.59 Å². The van der Waals surface area contributed by atoms with E-state index < -0.39 is 5.91 Å². The molecule has 2 rings (SSSR count). The summed E-state index contributed by atoms with van der Waals surface area (Å²) in [5.74, 6) is -0.144. The lowest BCUT2D eigenvalue weighted by Gasteiger charge is -2.11. The zero-order valence-electron chi connectivity index (χ0n) is 13.2. The molecule has 0 fully saturated rings. The molecule has 0 saturated carbocycles. The van der Waals surface area contributed by atoms with Crippen LogP contribution in [0.15, 0.2) is 34.1 Å². The van der Waals surface area contributed by atoms with Crippen LogP contribution in [0, 0.1) is 0 Å². The molecule has 24 heavy (non-hydrogen) atoms. The number of methoxy groups -OCH3 is 1. The Hall–Kier alpha value is -1.90. The number of halogens is 1. The van der Waals surface area contributed by atoms with Crippen molar-refractivity contribution in [3.05, 3.63) is 50.1 Å². The highest BCUT2D eigenvalue weighted by molar-refractivity contribution is 9.11. The van der Waals surface area contributed by atoms with Crippen LogP contribution in [0.4, 0.5) is 0 Å². The van der Waals surface area contributed by atoms with Crippen LogP contribution in [0.3, 0.4) is 0 Å². The quantitative estimate of drug-likeness (QED) is 0.714. The van der Waals surface area contributed by atoms with Crippen LogP contribution in [-0.2, 0) is 11.3 Å². The van der Waals surface area contributed by atoms with E-state index in [1.165, 1.54) is 11.3 Å². The van der Waals surface area contributed by atoms with Gasteiger partial charge in [-0.05, 0) is 53.2 Å². The lowest BCUT2D eigenvalue weighted by molar-refractivity contribution is 0.0848. The second-order valence-electron chi connectivity index (χ2n) is 4.68. The van der Waals surface area contributed by atoms with E-state index in [1.54, 1.807) is 37.4 Å². The van der Waals surface area contributed by atoms with Crippen molar-refractivity contribution >= 4 is 39.1 Å². The standard InChI is InChI=1S/C16H17BrN2O4S/c1-3-23-9-11-8-10(4-5-12(11)22-2)15(20)18-19-16(21)13-6-7-14(17)24-13/h4-8H,3,9H2,1-2H3,(H,18,20)(H,19,21). The zero-order valence-corrected chi connectivity index (χ0v) is 15.6. The number of ether oxygens (including phenoxy) is 2. The van der Waals surface area contributed by atoms with Crippen molar-refractivity contribution in [1.29, 1.82) is 0 Å². The smallest absolute Gasteiger partial charge is 0.279 e. The average molecular weight is 413 g/mol. The van der Waals surface area contributed by atoms with Gasteiger partial charge in [0.15, 0.2) is 0 Å². The van der Waals surface area contributed by atoms with Gasteiger partial charge in [-0.2, -0.15) is 0 Å². The molecule has 0 aliphatic carbocycles. The van der Waals surface area contributed by atoms with E-state index in [0.717, 1.165) is 9.35 Å². The SMILES string of the molecule is CCOCc1cc(C(=O)NNC(=O)c2ccc(Br)s2)ccc1OC. The highest BCUT2D eigenvalue weighted by Crippen LogP contribution is 2.22. The van der Waals surface area contributed by atoms with Gasteiger partial charge in [-0.1, -0.05) is 0 Å². The van der Waals surface area contributed by atoms with Crippen molar-refractivity contribution in [1.82, 2.24) is 10.9 Å². The topological polar surface area (TPSA) is 76.7 Å². The van der Waals surface area contributed by atoms with Gasteiger partial charge in [0.1, 0.15) is 5.75 Å². The first-order valence-corrected chi connectivity index (χ1v) is 8.76. The van der Waals surface area contributed by atoms with Gasteiger partial charge in [0, 0.05) is 17.7 Å². The van der Waals surface area contributed by atoms with Crippen molar-refractivity contribution < 1.29 is 19.1 Å². The monoisotopic (exact) mass is 412 g/mol. The third-order valence-electron chi connectivity index (χ3n) is 3.09. The number of rotatable bonds is 6. The van der Waals surface area contributed by atoms with Crippen molar-refractivity contribution in [2.45, 2.75) is 13.5 Å². The van der Waals surface area contributed by atoms with E-state index >= 15 is 0 Å². The number of hydrogen-bond donors (Lipinski definition) is 2. The number of nitrogens with one attached hydrogen (secondary N) is 2. The molecule has 0 saturated heterocycles. The Bertz CT molecular complexity index is 733. The summed E-state index contributed by atoms with van der Waals surface area (Å²) in [5, 5.41) is 0. The molecule has 1 heterocycles. The summed E-state index contributed by atoms with van der Waals surface area (Å²) >= 11 is 4.57. The molecule has 0 bridgehead atoms. The number of amides is 2. The van der Waals surface area contributed by atoms with Crippen LogP contribution in [0.25, 0.3) is 0 Å². The van der Waals surface area contributed by atoms with E-state index in [-0.39, 0.29) is 5.91 Å². The summed E-state index contributed by atoms with van der Waals surface area (Å²) in [6.07, 6.45) is 0. The van der Waals surface area contributed by atoms with Crippen molar-refractivity contribution in [2.24, 2.45) is 0 Å². The fourth-order valence-electron chi connectivity index (χ4n) is 1.93. The van der Waals surface area contributed by atoms with Gasteiger partial charge < -0.3 is 9.47 Å². The molecule has 8 heteroatoms. The van der Waals surface area contributed by atoms with Crippen LogP contribution in [0.1, 0.15) is 32.5 Å². The van der Waals surface area contributed by atoms with Crippen LogP contribution >= 0.6 is 27.3 Å². The predicted molar refractivity (Wildman–Crippen MR) is 95.3 cm³/mol. The summed E-state index contributed by atoms with van der Waals surface area (Å²) in [6, 6.07) is 8.44. The molecule has 6 nitrogen and oxygen atoms in total. The van der Waals surface area contributed by atoms with Crippen LogP contribution in [-0.4, -0.2) is 25.5 Å². The van der Waals surface area contributed by atoms with Gasteiger partial charge in [0.05, 0.1) is 22.4 Å². The molecule has 128 valence electrons. The Morgan fingerprint density at radius 2 is 1.92 bits per heavy atom. The predicted octanol–water partition coefficient (Wildman–Crippen LogP) is 3.13. The molecule has 0 atom stereocenters. The van der Waals surface area contributed by atoms with Gasteiger partial charge in [-0.3, -0.25) is 20.4 Å². The van der Waals surface area contributed by atoms with Gasteiger partial charge in [0.2, 0.25) is 0 Å². The van der Waals surface area contributed by atoms with Gasteiger partial charge in [-0.15, -0.1) is 11.3 Å². The largest absolute Gasteiger partial charge is 0.496 e. The Balaban J connectivity index is 2.02. The maximum Gasteiger partial charge on any atom is 0.279 e. The van der Waals surface area contributed by atoms with E-state index in [2.05, 4.69) is 26.8 Å². The Labute approximate surface area is 152 Å². The minimum Gasteiger partial charge on any atom is -0.496 e.